The SMILES string of the molecule is CC[C@@H]1OC(N)[C@@H](O)[C@H]1O. The molecule has 0 saturated carbocycles. The molecule has 0 amide bonds. The number of rotatable bonds is 1. The molecule has 1 aliphatic rings. The Labute approximate surface area is 59.6 Å². The summed E-state index contributed by atoms with van der Waals surface area (Å²) in [5, 5.41) is 18.2. The second-order valence-electron chi connectivity index (χ2n) is 2.53. The lowest BCUT2D eigenvalue weighted by molar-refractivity contribution is 0.00986. The fraction of sp³-hybridized carbons (Fsp3) is 1.00. The van der Waals surface area contributed by atoms with E-state index < -0.39 is 18.4 Å². The molecule has 4 N–H and O–H groups in total. The molecule has 10 heavy (non-hydrogen) atoms. The minimum Gasteiger partial charge on any atom is -0.388 e. The summed E-state index contributed by atoms with van der Waals surface area (Å²) in [5.74, 6) is 0. The third kappa shape index (κ3) is 1.15. The third-order valence-electron chi connectivity index (χ3n) is 1.80. The van der Waals surface area contributed by atoms with Gasteiger partial charge in [-0.2, -0.15) is 0 Å². The molecular formula is C6H13NO3. The maximum absolute atomic E-state index is 9.17. The minimum atomic E-state index is -0.926. The van der Waals surface area contributed by atoms with Crippen LogP contribution in [0, 0.1) is 0 Å². The zero-order valence-electron chi connectivity index (χ0n) is 5.90. The molecule has 0 aliphatic carbocycles. The molecule has 4 heteroatoms. The summed E-state index contributed by atoms with van der Waals surface area (Å²) in [7, 11) is 0. The number of nitrogens with two attached hydrogens (primary N) is 1. The maximum atomic E-state index is 9.17. The molecule has 4 nitrogen and oxygen atoms in total. The van der Waals surface area contributed by atoms with E-state index in [-0.39, 0.29) is 6.10 Å². The number of hydrogen-bond donors (Lipinski definition) is 3. The Morgan fingerprint density at radius 1 is 1.40 bits per heavy atom. The van der Waals surface area contributed by atoms with E-state index in [4.69, 9.17) is 15.6 Å². The third-order valence-corrected chi connectivity index (χ3v) is 1.80. The van der Waals surface area contributed by atoms with Crippen molar-refractivity contribution in [3.63, 3.8) is 0 Å². The first-order valence-electron chi connectivity index (χ1n) is 3.44. The van der Waals surface area contributed by atoms with E-state index >= 15 is 0 Å². The molecule has 1 saturated heterocycles. The van der Waals surface area contributed by atoms with Crippen molar-refractivity contribution in [2.45, 2.75) is 37.9 Å². The van der Waals surface area contributed by atoms with E-state index in [1.165, 1.54) is 0 Å². The van der Waals surface area contributed by atoms with Crippen LogP contribution in [-0.2, 0) is 4.74 Å². The number of ether oxygens (including phenoxy) is 1. The molecule has 0 radical (unpaired) electrons. The van der Waals surface area contributed by atoms with Crippen molar-refractivity contribution < 1.29 is 14.9 Å². The molecule has 60 valence electrons. The van der Waals surface area contributed by atoms with Crippen LogP contribution in [0.2, 0.25) is 0 Å². The lowest BCUT2D eigenvalue weighted by atomic mass is 10.1. The quantitative estimate of drug-likeness (QED) is 0.435. The number of aliphatic hydroxyl groups excluding tert-OH is 2. The van der Waals surface area contributed by atoms with Gasteiger partial charge in [-0.25, -0.2) is 0 Å². The highest BCUT2D eigenvalue weighted by Gasteiger charge is 2.39. The fourth-order valence-electron chi connectivity index (χ4n) is 1.11. The van der Waals surface area contributed by atoms with E-state index in [0.717, 1.165) is 0 Å². The van der Waals surface area contributed by atoms with Crippen LogP contribution in [-0.4, -0.2) is 34.8 Å². The monoisotopic (exact) mass is 147 g/mol. The highest BCUT2D eigenvalue weighted by molar-refractivity contribution is 4.86. The van der Waals surface area contributed by atoms with Crippen LogP contribution in [0.3, 0.4) is 0 Å². The van der Waals surface area contributed by atoms with Crippen molar-refractivity contribution in [1.29, 1.82) is 0 Å². The topological polar surface area (TPSA) is 75.7 Å². The Bertz CT molecular complexity index is 120. The van der Waals surface area contributed by atoms with Gasteiger partial charge in [0.05, 0.1) is 6.10 Å². The Kier molecular flexibility index (Phi) is 2.25. The zero-order chi connectivity index (χ0) is 7.72. The molecule has 4 atom stereocenters. The lowest BCUT2D eigenvalue weighted by Gasteiger charge is -2.10. The van der Waals surface area contributed by atoms with Crippen LogP contribution in [0.1, 0.15) is 13.3 Å². The predicted octanol–water partition coefficient (Wildman–Crippen LogP) is -1.20. The van der Waals surface area contributed by atoms with Crippen molar-refractivity contribution in [3.8, 4) is 0 Å². The minimum absolute atomic E-state index is 0.301. The van der Waals surface area contributed by atoms with Gasteiger partial charge in [0.2, 0.25) is 0 Å². The first-order chi connectivity index (χ1) is 4.66. The fourth-order valence-corrected chi connectivity index (χ4v) is 1.11. The van der Waals surface area contributed by atoms with Crippen molar-refractivity contribution in [2.75, 3.05) is 0 Å². The van der Waals surface area contributed by atoms with Gasteiger partial charge in [0.1, 0.15) is 18.4 Å². The summed E-state index contributed by atoms with van der Waals surface area (Å²) in [5.41, 5.74) is 5.30. The molecule has 0 aromatic carbocycles. The summed E-state index contributed by atoms with van der Waals surface area (Å²) >= 11 is 0. The molecule has 0 aromatic rings. The van der Waals surface area contributed by atoms with Gasteiger partial charge in [-0.05, 0) is 6.42 Å². The van der Waals surface area contributed by atoms with Crippen molar-refractivity contribution in [2.24, 2.45) is 5.73 Å². The maximum Gasteiger partial charge on any atom is 0.135 e. The van der Waals surface area contributed by atoms with Gasteiger partial charge in [-0.1, -0.05) is 6.92 Å². The highest BCUT2D eigenvalue weighted by Crippen LogP contribution is 2.19. The summed E-state index contributed by atoms with van der Waals surface area (Å²) in [6, 6.07) is 0. The Morgan fingerprint density at radius 2 is 2.00 bits per heavy atom. The van der Waals surface area contributed by atoms with Crippen molar-refractivity contribution >= 4 is 0 Å². The van der Waals surface area contributed by atoms with Gasteiger partial charge in [-0.15, -0.1) is 0 Å². The van der Waals surface area contributed by atoms with Crippen molar-refractivity contribution in [3.05, 3.63) is 0 Å². The van der Waals surface area contributed by atoms with Gasteiger partial charge in [0, 0.05) is 0 Å². The van der Waals surface area contributed by atoms with Gasteiger partial charge in [0.25, 0.3) is 0 Å². The zero-order valence-corrected chi connectivity index (χ0v) is 5.90. The van der Waals surface area contributed by atoms with E-state index in [1.807, 2.05) is 6.92 Å². The molecule has 1 aliphatic heterocycles. The van der Waals surface area contributed by atoms with E-state index in [1.54, 1.807) is 0 Å². The number of aliphatic hydroxyl groups is 2. The summed E-state index contributed by atoms with van der Waals surface area (Å²) < 4.78 is 5.01. The Morgan fingerprint density at radius 3 is 2.20 bits per heavy atom. The summed E-state index contributed by atoms with van der Waals surface area (Å²) in [6.07, 6.45) is -2.10. The van der Waals surface area contributed by atoms with Crippen LogP contribution < -0.4 is 5.73 Å². The molecule has 1 fully saturated rings. The van der Waals surface area contributed by atoms with Crippen LogP contribution in [0.15, 0.2) is 0 Å². The second-order valence-corrected chi connectivity index (χ2v) is 2.53. The number of hydrogen-bond acceptors (Lipinski definition) is 4. The average Bonchev–Trinajstić information content (AvgIpc) is 2.17. The normalized spacial score (nSPS) is 48.0. The van der Waals surface area contributed by atoms with Gasteiger partial charge in [0.15, 0.2) is 0 Å². The molecule has 1 unspecified atom stereocenters. The first-order valence-corrected chi connectivity index (χ1v) is 3.44. The van der Waals surface area contributed by atoms with Crippen molar-refractivity contribution in [1.82, 2.24) is 0 Å². The van der Waals surface area contributed by atoms with Gasteiger partial charge >= 0.3 is 0 Å². The molecular weight excluding hydrogens is 134 g/mol. The lowest BCUT2D eigenvalue weighted by Crippen LogP contribution is -2.36. The summed E-state index contributed by atoms with van der Waals surface area (Å²) in [6.45, 7) is 1.87. The van der Waals surface area contributed by atoms with E-state index in [2.05, 4.69) is 0 Å². The standard InChI is InChI=1S/C6H13NO3/c1-2-3-4(8)5(9)6(7)10-3/h3-6,8-9H,2,7H2,1H3/t3-,4-,5-,6?/m0/s1. The smallest absolute Gasteiger partial charge is 0.135 e. The molecule has 0 aromatic heterocycles. The molecule has 0 bridgehead atoms. The predicted molar refractivity (Wildman–Crippen MR) is 35.2 cm³/mol. The molecule has 0 spiro atoms. The largest absolute Gasteiger partial charge is 0.388 e. The van der Waals surface area contributed by atoms with Crippen LogP contribution in [0.4, 0.5) is 0 Å². The molecule has 1 heterocycles. The van der Waals surface area contributed by atoms with Crippen LogP contribution in [0.25, 0.3) is 0 Å². The molecule has 1 rings (SSSR count). The Balaban J connectivity index is 2.53. The van der Waals surface area contributed by atoms with Crippen LogP contribution in [0.5, 0.6) is 0 Å². The van der Waals surface area contributed by atoms with E-state index in [9.17, 15) is 5.11 Å². The van der Waals surface area contributed by atoms with E-state index in [0.29, 0.717) is 6.42 Å². The van der Waals surface area contributed by atoms with Gasteiger partial charge in [-0.3, -0.25) is 0 Å². The Hall–Kier alpha value is -0.160. The van der Waals surface area contributed by atoms with Crippen LogP contribution >= 0.6 is 0 Å². The highest BCUT2D eigenvalue weighted by atomic mass is 16.6. The summed E-state index contributed by atoms with van der Waals surface area (Å²) in [4.78, 5) is 0. The second kappa shape index (κ2) is 2.84. The first kappa shape index (κ1) is 7.94. The van der Waals surface area contributed by atoms with Gasteiger partial charge < -0.3 is 20.7 Å². The average molecular weight is 147 g/mol.